The Hall–Kier alpha value is -1.84. The molecule has 0 bridgehead atoms. The fourth-order valence-corrected chi connectivity index (χ4v) is 1.22. The summed E-state index contributed by atoms with van der Waals surface area (Å²) in [6, 6.07) is 3.95. The van der Waals surface area contributed by atoms with Gasteiger partial charge in [-0.3, -0.25) is 0 Å². The van der Waals surface area contributed by atoms with Crippen molar-refractivity contribution in [1.29, 1.82) is 0 Å². The molecule has 0 saturated heterocycles. The van der Waals surface area contributed by atoms with E-state index >= 15 is 0 Å². The number of aromatic nitrogens is 2. The van der Waals surface area contributed by atoms with Gasteiger partial charge >= 0.3 is 0 Å². The number of anilines is 1. The molecule has 1 N–H and O–H groups in total. The second kappa shape index (κ2) is 4.13. The molecule has 2 aromatic heterocycles. The van der Waals surface area contributed by atoms with E-state index in [0.717, 1.165) is 17.1 Å². The van der Waals surface area contributed by atoms with Crippen LogP contribution in [0.1, 0.15) is 17.2 Å². The third-order valence-corrected chi connectivity index (χ3v) is 2.00. The number of hydrogen-bond acceptors (Lipinski definition) is 4. The molecule has 0 atom stereocenters. The van der Waals surface area contributed by atoms with E-state index < -0.39 is 0 Å². The van der Waals surface area contributed by atoms with Crippen LogP contribution in [-0.2, 0) is 6.54 Å². The summed E-state index contributed by atoms with van der Waals surface area (Å²) in [6.07, 6.45) is 3.53. The summed E-state index contributed by atoms with van der Waals surface area (Å²) in [5.74, 6) is 2.33. The summed E-state index contributed by atoms with van der Waals surface area (Å²) in [5.41, 5.74) is 1.15. The fourth-order valence-electron chi connectivity index (χ4n) is 1.22. The second-order valence-corrected chi connectivity index (χ2v) is 3.44. The first kappa shape index (κ1) is 9.71. The van der Waals surface area contributed by atoms with Gasteiger partial charge in [-0.25, -0.2) is 9.97 Å². The minimum Gasteiger partial charge on any atom is -0.444 e. The molecule has 2 rings (SSSR count). The van der Waals surface area contributed by atoms with Crippen LogP contribution in [0, 0.1) is 13.8 Å². The first-order valence-corrected chi connectivity index (χ1v) is 4.82. The summed E-state index contributed by atoms with van der Waals surface area (Å²) in [4.78, 5) is 8.31. The molecule has 0 saturated carbocycles. The second-order valence-electron chi connectivity index (χ2n) is 3.44. The maximum atomic E-state index is 5.33. The molecule has 78 valence electrons. The van der Waals surface area contributed by atoms with E-state index in [0.29, 0.717) is 12.4 Å². The Morgan fingerprint density at radius 3 is 2.67 bits per heavy atom. The van der Waals surface area contributed by atoms with Crippen molar-refractivity contribution in [2.24, 2.45) is 0 Å². The van der Waals surface area contributed by atoms with E-state index in [9.17, 15) is 0 Å². The number of nitrogens with zero attached hydrogens (tertiary/aromatic N) is 2. The van der Waals surface area contributed by atoms with Crippen molar-refractivity contribution in [3.8, 4) is 0 Å². The van der Waals surface area contributed by atoms with Crippen molar-refractivity contribution in [3.05, 3.63) is 41.7 Å². The highest BCUT2D eigenvalue weighted by molar-refractivity contribution is 5.35. The normalized spacial score (nSPS) is 10.3. The molecule has 0 spiro atoms. The quantitative estimate of drug-likeness (QED) is 0.831. The SMILES string of the molecule is Cc1ccc(NCc2ncc(C)o2)nc1. The smallest absolute Gasteiger partial charge is 0.213 e. The average Bonchev–Trinajstić information content (AvgIpc) is 2.64. The predicted octanol–water partition coefficient (Wildman–Crippen LogP) is 2.30. The third-order valence-electron chi connectivity index (χ3n) is 2.00. The molecule has 2 heterocycles. The van der Waals surface area contributed by atoms with Gasteiger partial charge in [-0.2, -0.15) is 0 Å². The van der Waals surface area contributed by atoms with Gasteiger partial charge in [0.25, 0.3) is 0 Å². The lowest BCUT2D eigenvalue weighted by molar-refractivity contribution is 0.479. The number of pyridine rings is 1. The van der Waals surface area contributed by atoms with Crippen molar-refractivity contribution in [2.45, 2.75) is 20.4 Å². The molecule has 0 aliphatic heterocycles. The Balaban J connectivity index is 1.96. The molecule has 2 aromatic rings. The lowest BCUT2D eigenvalue weighted by Gasteiger charge is -2.02. The van der Waals surface area contributed by atoms with Crippen molar-refractivity contribution < 1.29 is 4.42 Å². The van der Waals surface area contributed by atoms with E-state index in [2.05, 4.69) is 15.3 Å². The molecule has 0 aliphatic rings. The first-order chi connectivity index (χ1) is 7.24. The highest BCUT2D eigenvalue weighted by Crippen LogP contribution is 2.07. The van der Waals surface area contributed by atoms with Crippen LogP contribution in [0.4, 0.5) is 5.82 Å². The number of nitrogens with one attached hydrogen (secondary N) is 1. The Bertz CT molecular complexity index is 433. The third kappa shape index (κ3) is 2.56. The summed E-state index contributed by atoms with van der Waals surface area (Å²) in [6.45, 7) is 4.44. The van der Waals surface area contributed by atoms with E-state index in [-0.39, 0.29) is 0 Å². The van der Waals surface area contributed by atoms with Crippen molar-refractivity contribution >= 4 is 5.82 Å². The van der Waals surface area contributed by atoms with Crippen LogP contribution in [0.2, 0.25) is 0 Å². The molecule has 4 heteroatoms. The summed E-state index contributed by atoms with van der Waals surface area (Å²) >= 11 is 0. The van der Waals surface area contributed by atoms with Crippen LogP contribution in [0.25, 0.3) is 0 Å². The number of rotatable bonds is 3. The maximum absolute atomic E-state index is 5.33. The lowest BCUT2D eigenvalue weighted by Crippen LogP contribution is -2.01. The minimum atomic E-state index is 0.559. The standard InChI is InChI=1S/C11H13N3O/c1-8-3-4-10(12-5-8)13-7-11-14-6-9(2)15-11/h3-6H,7H2,1-2H3,(H,12,13). The van der Waals surface area contributed by atoms with Crippen LogP contribution in [0.15, 0.2) is 28.9 Å². The van der Waals surface area contributed by atoms with Gasteiger partial charge in [-0.15, -0.1) is 0 Å². The van der Waals surface area contributed by atoms with E-state index in [1.54, 1.807) is 6.20 Å². The van der Waals surface area contributed by atoms with Crippen LogP contribution >= 0.6 is 0 Å². The molecule has 0 aromatic carbocycles. The number of aryl methyl sites for hydroxylation is 2. The largest absolute Gasteiger partial charge is 0.444 e. The van der Waals surface area contributed by atoms with Crippen molar-refractivity contribution in [1.82, 2.24) is 9.97 Å². The van der Waals surface area contributed by atoms with Crippen LogP contribution in [0.3, 0.4) is 0 Å². The maximum Gasteiger partial charge on any atom is 0.213 e. The summed E-state index contributed by atoms with van der Waals surface area (Å²) in [5, 5.41) is 3.13. The van der Waals surface area contributed by atoms with Gasteiger partial charge in [-0.1, -0.05) is 6.07 Å². The van der Waals surface area contributed by atoms with Crippen LogP contribution in [0.5, 0.6) is 0 Å². The Morgan fingerprint density at radius 2 is 2.07 bits per heavy atom. The van der Waals surface area contributed by atoms with Gasteiger partial charge in [-0.05, 0) is 25.5 Å². The molecule has 4 nitrogen and oxygen atoms in total. The first-order valence-electron chi connectivity index (χ1n) is 4.82. The van der Waals surface area contributed by atoms with E-state index in [1.807, 2.05) is 32.2 Å². The van der Waals surface area contributed by atoms with Crippen LogP contribution in [-0.4, -0.2) is 9.97 Å². The highest BCUT2D eigenvalue weighted by atomic mass is 16.4. The van der Waals surface area contributed by atoms with Gasteiger partial charge < -0.3 is 9.73 Å². The Labute approximate surface area is 88.4 Å². The predicted molar refractivity (Wildman–Crippen MR) is 57.5 cm³/mol. The van der Waals surface area contributed by atoms with Gasteiger partial charge in [0.1, 0.15) is 11.6 Å². The molecule has 0 unspecified atom stereocenters. The van der Waals surface area contributed by atoms with Gasteiger partial charge in [0.15, 0.2) is 0 Å². The van der Waals surface area contributed by atoms with E-state index in [4.69, 9.17) is 4.42 Å². The zero-order chi connectivity index (χ0) is 10.7. The lowest BCUT2D eigenvalue weighted by atomic mass is 10.3. The molecule has 15 heavy (non-hydrogen) atoms. The Morgan fingerprint density at radius 1 is 1.20 bits per heavy atom. The van der Waals surface area contributed by atoms with Gasteiger partial charge in [0, 0.05) is 6.20 Å². The van der Waals surface area contributed by atoms with Gasteiger partial charge in [0.2, 0.25) is 5.89 Å². The molecular weight excluding hydrogens is 190 g/mol. The topological polar surface area (TPSA) is 51.0 Å². The van der Waals surface area contributed by atoms with Crippen molar-refractivity contribution in [2.75, 3.05) is 5.32 Å². The molecular formula is C11H13N3O. The number of oxazole rings is 1. The summed E-state index contributed by atoms with van der Waals surface area (Å²) in [7, 11) is 0. The highest BCUT2D eigenvalue weighted by Gasteiger charge is 2.00. The Kier molecular flexibility index (Phi) is 2.67. The molecule has 0 aliphatic carbocycles. The minimum absolute atomic E-state index is 0.559. The zero-order valence-electron chi connectivity index (χ0n) is 8.82. The fraction of sp³-hybridized carbons (Fsp3) is 0.273. The van der Waals surface area contributed by atoms with Crippen LogP contribution < -0.4 is 5.32 Å². The molecule has 0 amide bonds. The zero-order valence-corrected chi connectivity index (χ0v) is 8.82. The van der Waals surface area contributed by atoms with Gasteiger partial charge in [0.05, 0.1) is 12.7 Å². The average molecular weight is 203 g/mol. The molecule has 0 fully saturated rings. The number of hydrogen-bond donors (Lipinski definition) is 1. The molecule has 0 radical (unpaired) electrons. The monoisotopic (exact) mass is 203 g/mol. The summed E-state index contributed by atoms with van der Waals surface area (Å²) < 4.78 is 5.33. The van der Waals surface area contributed by atoms with E-state index in [1.165, 1.54) is 0 Å². The van der Waals surface area contributed by atoms with Crippen molar-refractivity contribution in [3.63, 3.8) is 0 Å².